The van der Waals surface area contributed by atoms with E-state index < -0.39 is 12.6 Å². The third kappa shape index (κ3) is 4.65. The summed E-state index contributed by atoms with van der Waals surface area (Å²) in [5.74, 6) is -0.638. The summed E-state index contributed by atoms with van der Waals surface area (Å²) in [6.45, 7) is 3.46. The second-order valence-corrected chi connectivity index (χ2v) is 2.98. The van der Waals surface area contributed by atoms with E-state index in [0.29, 0.717) is 5.75 Å². The van der Waals surface area contributed by atoms with Crippen molar-refractivity contribution < 1.29 is 44.2 Å². The Morgan fingerprint density at radius 1 is 1.29 bits per heavy atom. The topological polar surface area (TPSA) is 49.4 Å². The molecule has 0 aliphatic carbocycles. The molecular weight excluding hydrogens is 191 g/mol. The predicted molar refractivity (Wildman–Crippen MR) is 46.4 cm³/mol. The normalized spacial score (nSPS) is 9.00. The summed E-state index contributed by atoms with van der Waals surface area (Å²) >= 11 is 0. The molecule has 0 atom stereocenters. The van der Waals surface area contributed by atoms with Gasteiger partial charge in [-0.25, -0.2) is 0 Å². The molecule has 0 radical (unpaired) electrons. The Morgan fingerprint density at radius 2 is 1.79 bits per heavy atom. The number of carboxylic acids is 1. The van der Waals surface area contributed by atoms with E-state index in [1.54, 1.807) is 12.1 Å². The Balaban J connectivity index is 0.00000169. The fourth-order valence-electron chi connectivity index (χ4n) is 1.16. The van der Waals surface area contributed by atoms with Crippen LogP contribution in [0.25, 0.3) is 0 Å². The molecule has 0 N–H and O–H groups in total. The molecule has 0 fully saturated rings. The van der Waals surface area contributed by atoms with Crippen molar-refractivity contribution >= 4 is 5.97 Å². The summed E-state index contributed by atoms with van der Waals surface area (Å²) in [4.78, 5) is 10.1. The van der Waals surface area contributed by atoms with Gasteiger partial charge in [0.15, 0.2) is 0 Å². The van der Waals surface area contributed by atoms with Crippen molar-refractivity contribution in [1.82, 2.24) is 0 Å². The van der Waals surface area contributed by atoms with E-state index in [2.05, 4.69) is 0 Å². The molecule has 0 aliphatic heterocycles. The van der Waals surface area contributed by atoms with Crippen molar-refractivity contribution in [3.05, 3.63) is 29.3 Å². The zero-order valence-electron chi connectivity index (χ0n) is 8.66. The molecule has 0 saturated carbocycles. The molecule has 70 valence electrons. The van der Waals surface area contributed by atoms with Gasteiger partial charge in [0.25, 0.3) is 0 Å². The number of aryl methyl sites for hydroxylation is 2. The van der Waals surface area contributed by atoms with Gasteiger partial charge in [0.1, 0.15) is 12.4 Å². The standard InChI is InChI=1S/C10H12O3.Na/c1-7-3-8(2)5-9(4-7)13-6-10(11)12;/h3-5H,6H2,1-2H3,(H,11,12);/q;+1/p-1. The van der Waals surface area contributed by atoms with Crippen LogP contribution in [0.5, 0.6) is 5.75 Å². The molecule has 0 heterocycles. The second-order valence-electron chi connectivity index (χ2n) is 2.98. The number of ether oxygens (including phenoxy) is 1. The number of carbonyl (C=O) groups is 1. The molecule has 14 heavy (non-hydrogen) atoms. The average molecular weight is 202 g/mol. The average Bonchev–Trinajstić information content (AvgIpc) is 1.99. The molecule has 0 saturated heterocycles. The maximum absolute atomic E-state index is 10.1. The molecule has 1 aromatic rings. The van der Waals surface area contributed by atoms with Crippen LogP contribution in [-0.2, 0) is 4.79 Å². The van der Waals surface area contributed by atoms with Crippen molar-refractivity contribution in [1.29, 1.82) is 0 Å². The van der Waals surface area contributed by atoms with E-state index >= 15 is 0 Å². The number of aliphatic carboxylic acids is 1. The number of carbonyl (C=O) groups excluding carboxylic acids is 1. The minimum absolute atomic E-state index is 0. The largest absolute Gasteiger partial charge is 1.00 e. The monoisotopic (exact) mass is 202 g/mol. The molecule has 0 aliphatic rings. The van der Waals surface area contributed by atoms with Crippen molar-refractivity contribution in [2.24, 2.45) is 0 Å². The van der Waals surface area contributed by atoms with Gasteiger partial charge in [-0.3, -0.25) is 0 Å². The predicted octanol–water partition coefficient (Wildman–Crippen LogP) is -2.56. The Morgan fingerprint density at radius 3 is 2.21 bits per heavy atom. The first-order valence-electron chi connectivity index (χ1n) is 3.99. The molecule has 0 aromatic heterocycles. The SMILES string of the molecule is Cc1cc(C)cc(OCC(=O)[O-])c1.[Na+]. The maximum atomic E-state index is 10.1. The minimum atomic E-state index is -1.21. The molecule has 1 aromatic carbocycles. The fraction of sp³-hybridized carbons (Fsp3) is 0.300. The van der Waals surface area contributed by atoms with Gasteiger partial charge >= 0.3 is 29.6 Å². The van der Waals surface area contributed by atoms with Gasteiger partial charge in [0.05, 0.1) is 5.97 Å². The Kier molecular flexibility index (Phi) is 5.84. The maximum Gasteiger partial charge on any atom is 1.00 e. The van der Waals surface area contributed by atoms with Crippen LogP contribution < -0.4 is 39.4 Å². The first kappa shape index (κ1) is 13.5. The number of carboxylic acid groups (broad SMARTS) is 1. The minimum Gasteiger partial charge on any atom is -0.546 e. The number of rotatable bonds is 3. The van der Waals surface area contributed by atoms with E-state index in [1.165, 1.54) is 0 Å². The fourth-order valence-corrected chi connectivity index (χ4v) is 1.16. The van der Waals surface area contributed by atoms with Gasteiger partial charge in [-0.15, -0.1) is 0 Å². The van der Waals surface area contributed by atoms with Gasteiger partial charge in [-0.2, -0.15) is 0 Å². The van der Waals surface area contributed by atoms with Crippen molar-refractivity contribution in [3.8, 4) is 5.75 Å². The number of hydrogen-bond donors (Lipinski definition) is 0. The van der Waals surface area contributed by atoms with Gasteiger partial charge in [-0.05, 0) is 37.1 Å². The molecule has 1 rings (SSSR count). The van der Waals surface area contributed by atoms with Crippen LogP contribution >= 0.6 is 0 Å². The summed E-state index contributed by atoms with van der Waals surface area (Å²) < 4.78 is 4.97. The summed E-state index contributed by atoms with van der Waals surface area (Å²) in [5, 5.41) is 10.1. The number of hydrogen-bond acceptors (Lipinski definition) is 3. The van der Waals surface area contributed by atoms with Gasteiger partial charge in [-0.1, -0.05) is 6.07 Å². The van der Waals surface area contributed by atoms with E-state index in [4.69, 9.17) is 4.74 Å². The Labute approximate surface area is 105 Å². The summed E-state index contributed by atoms with van der Waals surface area (Å²) in [6.07, 6.45) is 0. The van der Waals surface area contributed by atoms with E-state index in [1.807, 2.05) is 19.9 Å². The first-order chi connectivity index (χ1) is 6.08. The summed E-state index contributed by atoms with van der Waals surface area (Å²) in [7, 11) is 0. The molecule has 3 nitrogen and oxygen atoms in total. The number of benzene rings is 1. The third-order valence-corrected chi connectivity index (χ3v) is 1.55. The van der Waals surface area contributed by atoms with Crippen molar-refractivity contribution in [3.63, 3.8) is 0 Å². The molecule has 0 amide bonds. The zero-order valence-corrected chi connectivity index (χ0v) is 10.7. The van der Waals surface area contributed by atoms with Crippen LogP contribution in [0.3, 0.4) is 0 Å². The molecular formula is C10H11NaO3. The molecule has 4 heteroatoms. The zero-order chi connectivity index (χ0) is 9.84. The summed E-state index contributed by atoms with van der Waals surface area (Å²) in [6, 6.07) is 5.57. The van der Waals surface area contributed by atoms with Gasteiger partial charge < -0.3 is 14.6 Å². The van der Waals surface area contributed by atoms with Crippen LogP contribution in [0.15, 0.2) is 18.2 Å². The van der Waals surface area contributed by atoms with Crippen LogP contribution in [0, 0.1) is 13.8 Å². The molecule has 0 spiro atoms. The van der Waals surface area contributed by atoms with Gasteiger partial charge in [0.2, 0.25) is 0 Å². The van der Waals surface area contributed by atoms with E-state index in [0.717, 1.165) is 11.1 Å². The van der Waals surface area contributed by atoms with Crippen molar-refractivity contribution in [2.45, 2.75) is 13.8 Å². The quantitative estimate of drug-likeness (QED) is 0.506. The van der Waals surface area contributed by atoms with Crippen molar-refractivity contribution in [2.75, 3.05) is 6.61 Å². The Bertz CT molecular complexity index is 303. The smallest absolute Gasteiger partial charge is 0.546 e. The first-order valence-corrected chi connectivity index (χ1v) is 3.99. The molecule has 0 unspecified atom stereocenters. The van der Waals surface area contributed by atoms with Crippen LogP contribution in [0.2, 0.25) is 0 Å². The van der Waals surface area contributed by atoms with Crippen LogP contribution in [0.4, 0.5) is 0 Å². The van der Waals surface area contributed by atoms with Crippen LogP contribution in [0.1, 0.15) is 11.1 Å². The second kappa shape index (κ2) is 6.06. The van der Waals surface area contributed by atoms with Gasteiger partial charge in [0, 0.05) is 0 Å². The van der Waals surface area contributed by atoms with E-state index in [9.17, 15) is 9.90 Å². The Hall–Kier alpha value is -0.510. The van der Waals surface area contributed by atoms with E-state index in [-0.39, 0.29) is 29.6 Å². The third-order valence-electron chi connectivity index (χ3n) is 1.55. The summed E-state index contributed by atoms with van der Waals surface area (Å²) in [5.41, 5.74) is 2.10. The molecule has 0 bridgehead atoms. The van der Waals surface area contributed by atoms with Crippen LogP contribution in [-0.4, -0.2) is 12.6 Å².